The molecule has 1 N–H and O–H groups in total. The normalized spacial score (nSPS) is 16.6. The molecule has 136 valence electrons. The molecule has 0 spiro atoms. The van der Waals surface area contributed by atoms with E-state index in [-0.39, 0.29) is 23.8 Å². The fraction of sp³-hybridized carbons (Fsp3) is 0.263. The number of carbonyl (C=O) groups excluding carboxylic acids is 2. The first-order valence-electron chi connectivity index (χ1n) is 8.09. The zero-order valence-corrected chi connectivity index (χ0v) is 15.4. The Balaban J connectivity index is 1.84. The summed E-state index contributed by atoms with van der Waals surface area (Å²) in [5, 5.41) is 2.65. The van der Waals surface area contributed by atoms with Gasteiger partial charge in [-0.05, 0) is 42.0 Å². The van der Waals surface area contributed by atoms with E-state index in [0.29, 0.717) is 11.4 Å². The lowest BCUT2D eigenvalue weighted by atomic mass is 10.1. The van der Waals surface area contributed by atoms with Crippen molar-refractivity contribution in [3.05, 3.63) is 54.1 Å². The first-order chi connectivity index (χ1) is 12.6. The van der Waals surface area contributed by atoms with E-state index in [4.69, 9.17) is 9.47 Å². The van der Waals surface area contributed by atoms with Crippen molar-refractivity contribution in [3.8, 4) is 5.75 Å². The summed E-state index contributed by atoms with van der Waals surface area (Å²) in [6.07, 6.45) is 0. The van der Waals surface area contributed by atoms with Crippen LogP contribution in [0, 0.1) is 0 Å². The van der Waals surface area contributed by atoms with Crippen molar-refractivity contribution in [1.82, 2.24) is 0 Å². The van der Waals surface area contributed by atoms with Gasteiger partial charge in [-0.2, -0.15) is 0 Å². The Morgan fingerprint density at radius 1 is 1.23 bits per heavy atom. The summed E-state index contributed by atoms with van der Waals surface area (Å²) in [4.78, 5) is 26.0. The van der Waals surface area contributed by atoms with Crippen LogP contribution in [0.25, 0.3) is 0 Å². The molecule has 0 aliphatic carbocycles. The standard InChI is InChI=1S/C19H20N2O4S/c1-24-11-17(22)20-14-5-3-4-13(10-14)19-21(18(23)12-26-19)15-6-8-16(25-2)9-7-15/h3-10,19H,11-12H2,1-2H3,(H,20,22)/t19-/m1/s1. The summed E-state index contributed by atoms with van der Waals surface area (Å²) in [5.41, 5.74) is 2.45. The molecule has 1 atom stereocenters. The van der Waals surface area contributed by atoms with Gasteiger partial charge in [0.25, 0.3) is 0 Å². The second-order valence-corrected chi connectivity index (χ2v) is 6.80. The highest BCUT2D eigenvalue weighted by Gasteiger charge is 2.34. The Labute approximate surface area is 156 Å². The number of thioether (sulfide) groups is 1. The second-order valence-electron chi connectivity index (χ2n) is 5.73. The predicted octanol–water partition coefficient (Wildman–Crippen LogP) is 3.06. The minimum Gasteiger partial charge on any atom is -0.497 e. The van der Waals surface area contributed by atoms with Gasteiger partial charge < -0.3 is 14.8 Å². The van der Waals surface area contributed by atoms with E-state index in [1.165, 1.54) is 7.11 Å². The van der Waals surface area contributed by atoms with Gasteiger partial charge in [-0.1, -0.05) is 12.1 Å². The van der Waals surface area contributed by atoms with Crippen LogP contribution in [0.1, 0.15) is 10.9 Å². The highest BCUT2D eigenvalue weighted by Crippen LogP contribution is 2.42. The van der Waals surface area contributed by atoms with Crippen molar-refractivity contribution in [1.29, 1.82) is 0 Å². The van der Waals surface area contributed by atoms with Crippen LogP contribution >= 0.6 is 11.8 Å². The number of nitrogens with one attached hydrogen (secondary N) is 1. The van der Waals surface area contributed by atoms with Gasteiger partial charge >= 0.3 is 0 Å². The van der Waals surface area contributed by atoms with E-state index >= 15 is 0 Å². The monoisotopic (exact) mass is 372 g/mol. The third-order valence-electron chi connectivity index (χ3n) is 3.95. The Morgan fingerprint density at radius 2 is 2.00 bits per heavy atom. The first kappa shape index (κ1) is 18.3. The minimum absolute atomic E-state index is 0.00113. The molecule has 1 aliphatic rings. The number of benzene rings is 2. The lowest BCUT2D eigenvalue weighted by molar-refractivity contribution is -0.119. The molecule has 26 heavy (non-hydrogen) atoms. The van der Waals surface area contributed by atoms with Crippen LogP contribution in [0.2, 0.25) is 0 Å². The first-order valence-corrected chi connectivity index (χ1v) is 9.13. The van der Waals surface area contributed by atoms with Crippen molar-refractivity contribution < 1.29 is 19.1 Å². The Kier molecular flexibility index (Phi) is 5.80. The van der Waals surface area contributed by atoms with Gasteiger partial charge in [-0.15, -0.1) is 11.8 Å². The molecule has 0 saturated carbocycles. The van der Waals surface area contributed by atoms with Crippen LogP contribution in [0.4, 0.5) is 11.4 Å². The van der Waals surface area contributed by atoms with Gasteiger partial charge in [-0.3, -0.25) is 14.5 Å². The molecule has 2 aromatic carbocycles. The fourth-order valence-corrected chi connectivity index (χ4v) is 3.96. The summed E-state index contributed by atoms with van der Waals surface area (Å²) >= 11 is 1.56. The van der Waals surface area contributed by atoms with Gasteiger partial charge in [0.1, 0.15) is 17.7 Å². The van der Waals surface area contributed by atoms with Gasteiger partial charge in [0.2, 0.25) is 11.8 Å². The molecule has 1 saturated heterocycles. The molecule has 2 amide bonds. The van der Waals surface area contributed by atoms with Crippen molar-refractivity contribution in [2.45, 2.75) is 5.37 Å². The highest BCUT2D eigenvalue weighted by molar-refractivity contribution is 8.00. The van der Waals surface area contributed by atoms with Crippen LogP contribution in [0.5, 0.6) is 5.75 Å². The van der Waals surface area contributed by atoms with E-state index in [2.05, 4.69) is 5.32 Å². The zero-order chi connectivity index (χ0) is 18.5. The van der Waals surface area contributed by atoms with Gasteiger partial charge in [-0.25, -0.2) is 0 Å². The number of amides is 2. The highest BCUT2D eigenvalue weighted by atomic mass is 32.2. The summed E-state index contributed by atoms with van der Waals surface area (Å²) in [6.45, 7) is -0.00113. The van der Waals surface area contributed by atoms with E-state index in [0.717, 1.165) is 17.0 Å². The largest absolute Gasteiger partial charge is 0.497 e. The molecular formula is C19H20N2O4S. The van der Waals surface area contributed by atoms with Crippen LogP contribution in [-0.4, -0.2) is 38.4 Å². The molecule has 1 aliphatic heterocycles. The number of ether oxygens (including phenoxy) is 2. The smallest absolute Gasteiger partial charge is 0.250 e. The van der Waals surface area contributed by atoms with Gasteiger partial charge in [0.15, 0.2) is 0 Å². The molecule has 0 radical (unpaired) electrons. The molecule has 0 unspecified atom stereocenters. The minimum atomic E-state index is -0.216. The maximum absolute atomic E-state index is 12.4. The summed E-state index contributed by atoms with van der Waals surface area (Å²) in [5.74, 6) is 0.995. The number of hydrogen-bond donors (Lipinski definition) is 1. The van der Waals surface area contributed by atoms with Crippen molar-refractivity contribution in [2.75, 3.05) is 36.8 Å². The predicted molar refractivity (Wildman–Crippen MR) is 103 cm³/mol. The summed E-state index contributed by atoms with van der Waals surface area (Å²) in [6, 6.07) is 15.0. The molecule has 0 bridgehead atoms. The quantitative estimate of drug-likeness (QED) is 0.844. The SMILES string of the molecule is COCC(=O)Nc1cccc([C@H]2SCC(=O)N2c2ccc(OC)cc2)c1. The van der Waals surface area contributed by atoms with Crippen LogP contribution < -0.4 is 15.0 Å². The maximum atomic E-state index is 12.4. The lowest BCUT2D eigenvalue weighted by Crippen LogP contribution is -2.27. The molecule has 7 heteroatoms. The molecule has 2 aromatic rings. The van der Waals surface area contributed by atoms with Crippen LogP contribution in [0.3, 0.4) is 0 Å². The fourth-order valence-electron chi connectivity index (χ4n) is 2.79. The van der Waals surface area contributed by atoms with E-state index in [1.807, 2.05) is 48.5 Å². The van der Waals surface area contributed by atoms with E-state index in [9.17, 15) is 9.59 Å². The summed E-state index contributed by atoms with van der Waals surface area (Å²) < 4.78 is 10.0. The zero-order valence-electron chi connectivity index (χ0n) is 14.6. The van der Waals surface area contributed by atoms with Crippen LogP contribution in [-0.2, 0) is 14.3 Å². The Morgan fingerprint density at radius 3 is 2.69 bits per heavy atom. The van der Waals surface area contributed by atoms with Crippen molar-refractivity contribution in [2.24, 2.45) is 0 Å². The van der Waals surface area contributed by atoms with Crippen LogP contribution in [0.15, 0.2) is 48.5 Å². The van der Waals surface area contributed by atoms with E-state index in [1.54, 1.807) is 23.8 Å². The van der Waals surface area contributed by atoms with E-state index < -0.39 is 0 Å². The summed E-state index contributed by atoms with van der Waals surface area (Å²) in [7, 11) is 3.08. The third kappa shape index (κ3) is 4.00. The second kappa shape index (κ2) is 8.25. The average Bonchev–Trinajstić information content (AvgIpc) is 3.04. The number of anilines is 2. The molecule has 1 fully saturated rings. The van der Waals surface area contributed by atoms with Crippen molar-refractivity contribution in [3.63, 3.8) is 0 Å². The number of methoxy groups -OCH3 is 2. The van der Waals surface area contributed by atoms with Crippen molar-refractivity contribution >= 4 is 35.0 Å². The molecule has 3 rings (SSSR count). The topological polar surface area (TPSA) is 67.9 Å². The van der Waals surface area contributed by atoms with Gasteiger partial charge in [0, 0.05) is 18.5 Å². The number of carbonyl (C=O) groups is 2. The van der Waals surface area contributed by atoms with Gasteiger partial charge in [0.05, 0.1) is 12.9 Å². The third-order valence-corrected chi connectivity index (χ3v) is 5.16. The number of hydrogen-bond acceptors (Lipinski definition) is 5. The Hall–Kier alpha value is -2.51. The lowest BCUT2D eigenvalue weighted by Gasteiger charge is -2.25. The number of nitrogens with zero attached hydrogens (tertiary/aromatic N) is 1. The molecule has 0 aromatic heterocycles. The number of rotatable bonds is 6. The molecule has 6 nitrogen and oxygen atoms in total. The maximum Gasteiger partial charge on any atom is 0.250 e. The molecular weight excluding hydrogens is 352 g/mol. The average molecular weight is 372 g/mol. The molecule has 1 heterocycles. The Bertz CT molecular complexity index is 794.